The molecule has 0 spiro atoms. The molecule has 25 heavy (non-hydrogen) atoms. The molecule has 1 aromatic heterocycles. The predicted octanol–water partition coefficient (Wildman–Crippen LogP) is 4.84. The van der Waals surface area contributed by atoms with Gasteiger partial charge in [0, 0.05) is 29.7 Å². The molecule has 0 aliphatic rings. The lowest BCUT2D eigenvalue weighted by Gasteiger charge is -2.11. The smallest absolute Gasteiger partial charge is 0.321 e. The molecule has 0 atom stereocenters. The van der Waals surface area contributed by atoms with Crippen molar-refractivity contribution >= 4 is 47.9 Å². The summed E-state index contributed by atoms with van der Waals surface area (Å²) in [5, 5.41) is 3.11. The zero-order chi connectivity index (χ0) is 18.6. The molecule has 0 radical (unpaired) electrons. The van der Waals surface area contributed by atoms with Crippen LogP contribution in [-0.4, -0.2) is 25.9 Å². The van der Waals surface area contributed by atoms with Crippen LogP contribution in [0.1, 0.15) is 31.8 Å². The van der Waals surface area contributed by atoms with Gasteiger partial charge in [-0.25, -0.2) is 0 Å². The van der Waals surface area contributed by atoms with E-state index >= 15 is 0 Å². The van der Waals surface area contributed by atoms with Crippen LogP contribution in [0.15, 0.2) is 30.3 Å². The topological polar surface area (TPSA) is 81.7 Å². The molecule has 1 N–H and O–H groups in total. The zero-order valence-corrected chi connectivity index (χ0v) is 16.3. The minimum Gasteiger partial charge on any atom is -0.321 e. The van der Waals surface area contributed by atoms with Gasteiger partial charge in [0.1, 0.15) is 0 Å². The van der Waals surface area contributed by atoms with Gasteiger partial charge in [0.25, 0.3) is 5.91 Å². The molecular formula is C16H17ClNO5PS. The average molecular weight is 402 g/mol. The molecule has 0 fully saturated rings. The number of anilines is 1. The van der Waals surface area contributed by atoms with E-state index in [4.69, 9.17) is 20.6 Å². The molecule has 0 aliphatic carbocycles. The van der Waals surface area contributed by atoms with Gasteiger partial charge < -0.3 is 14.4 Å². The van der Waals surface area contributed by atoms with Crippen molar-refractivity contribution in [2.24, 2.45) is 0 Å². The van der Waals surface area contributed by atoms with Crippen molar-refractivity contribution in [2.75, 3.05) is 19.5 Å². The van der Waals surface area contributed by atoms with Gasteiger partial charge in [-0.3, -0.25) is 14.2 Å². The van der Waals surface area contributed by atoms with Crippen LogP contribution in [0.4, 0.5) is 5.69 Å². The summed E-state index contributed by atoms with van der Waals surface area (Å²) in [5.41, 5.74) is 0.720. The fourth-order valence-corrected chi connectivity index (χ4v) is 4.58. The Bertz CT molecular complexity index is 843. The summed E-state index contributed by atoms with van der Waals surface area (Å²) in [6.07, 6.45) is 0.0809. The van der Waals surface area contributed by atoms with Crippen molar-refractivity contribution in [3.63, 3.8) is 0 Å². The largest absolute Gasteiger partial charge is 0.335 e. The maximum Gasteiger partial charge on any atom is 0.335 e. The first kappa shape index (κ1) is 19.8. The summed E-state index contributed by atoms with van der Waals surface area (Å²) in [6, 6.07) is 7.99. The van der Waals surface area contributed by atoms with Crippen LogP contribution in [0.5, 0.6) is 0 Å². The highest BCUT2D eigenvalue weighted by atomic mass is 35.5. The Hall–Kier alpha value is -1.50. The van der Waals surface area contributed by atoms with Gasteiger partial charge in [-0.05, 0) is 37.3 Å². The molecular weight excluding hydrogens is 385 g/mol. The summed E-state index contributed by atoms with van der Waals surface area (Å²) < 4.78 is 22.0. The fourth-order valence-electron chi connectivity index (χ4n) is 2.08. The summed E-state index contributed by atoms with van der Waals surface area (Å²) in [4.78, 5) is 25.2. The Kier molecular flexibility index (Phi) is 6.54. The normalized spacial score (nSPS) is 11.4. The van der Waals surface area contributed by atoms with Crippen LogP contribution in [0.2, 0.25) is 5.02 Å². The average Bonchev–Trinajstić information content (AvgIpc) is 3.04. The number of halogens is 1. The number of benzene rings is 1. The maximum absolute atomic E-state index is 12.4. The van der Waals surface area contributed by atoms with Gasteiger partial charge in [-0.15, -0.1) is 11.3 Å². The third-order valence-corrected chi connectivity index (χ3v) is 6.77. The van der Waals surface area contributed by atoms with E-state index in [0.29, 0.717) is 26.0 Å². The van der Waals surface area contributed by atoms with Crippen LogP contribution in [0, 0.1) is 0 Å². The third-order valence-electron chi connectivity index (χ3n) is 3.40. The molecule has 134 valence electrons. The fraction of sp³-hybridized carbons (Fsp3) is 0.250. The van der Waals surface area contributed by atoms with Crippen molar-refractivity contribution < 1.29 is 23.2 Å². The first-order valence-corrected chi connectivity index (χ1v) is 10.1. The van der Waals surface area contributed by atoms with E-state index in [-0.39, 0.29) is 17.9 Å². The van der Waals surface area contributed by atoms with Crippen molar-refractivity contribution in [3.8, 4) is 0 Å². The van der Waals surface area contributed by atoms with Crippen LogP contribution in [0.25, 0.3) is 0 Å². The van der Waals surface area contributed by atoms with Crippen LogP contribution < -0.4 is 5.32 Å². The number of rotatable bonds is 7. The summed E-state index contributed by atoms with van der Waals surface area (Å²) in [7, 11) is -0.564. The Morgan fingerprint density at radius 3 is 2.48 bits per heavy atom. The second-order valence-electron chi connectivity index (χ2n) is 5.10. The minimum absolute atomic E-state index is 0.0809. The zero-order valence-electron chi connectivity index (χ0n) is 13.9. The molecule has 0 saturated carbocycles. The van der Waals surface area contributed by atoms with Crippen molar-refractivity contribution in [1.29, 1.82) is 0 Å². The van der Waals surface area contributed by atoms with Crippen molar-refractivity contribution in [2.45, 2.75) is 13.1 Å². The molecule has 0 bridgehead atoms. The first-order valence-electron chi connectivity index (χ1n) is 7.19. The summed E-state index contributed by atoms with van der Waals surface area (Å²) in [5.74, 6) is -0.573. The number of nitrogens with one attached hydrogen (secondary N) is 1. The molecule has 1 heterocycles. The van der Waals surface area contributed by atoms with Gasteiger partial charge >= 0.3 is 7.60 Å². The summed E-state index contributed by atoms with van der Waals surface area (Å²) in [6.45, 7) is 1.40. The molecule has 0 saturated heterocycles. The SMILES string of the molecule is COP(=O)(Cc1ccc(C(=O)Nc2ccc(Cl)cc2C(C)=O)s1)OC. The van der Waals surface area contributed by atoms with Gasteiger partial charge in [0.05, 0.1) is 16.7 Å². The monoisotopic (exact) mass is 401 g/mol. The van der Waals surface area contributed by atoms with Gasteiger partial charge in [0.15, 0.2) is 5.78 Å². The highest BCUT2D eigenvalue weighted by Gasteiger charge is 2.23. The molecule has 1 aromatic carbocycles. The first-order chi connectivity index (χ1) is 11.8. The minimum atomic E-state index is -3.19. The van der Waals surface area contributed by atoms with Crippen LogP contribution in [0.3, 0.4) is 0 Å². The van der Waals surface area contributed by atoms with Crippen molar-refractivity contribution in [1.82, 2.24) is 0 Å². The van der Waals surface area contributed by atoms with Crippen LogP contribution in [-0.2, 0) is 19.8 Å². The number of hydrogen-bond acceptors (Lipinski definition) is 6. The number of Topliss-reactive ketones (excluding diaryl/α,β-unsaturated/α-hetero) is 1. The lowest BCUT2D eigenvalue weighted by atomic mass is 10.1. The maximum atomic E-state index is 12.4. The number of amides is 1. The number of carbonyl (C=O) groups is 2. The second kappa shape index (κ2) is 8.25. The van der Waals surface area contributed by atoms with E-state index in [2.05, 4.69) is 5.32 Å². The summed E-state index contributed by atoms with van der Waals surface area (Å²) >= 11 is 7.07. The molecule has 0 unspecified atom stereocenters. The van der Waals surface area contributed by atoms with E-state index in [9.17, 15) is 14.2 Å². The molecule has 0 aliphatic heterocycles. The number of hydrogen-bond donors (Lipinski definition) is 1. The standard InChI is InChI=1S/C16H17ClNO5PS/c1-10(19)13-8-11(17)4-6-14(13)18-16(20)15-7-5-12(25-15)9-24(21,22-2)23-3/h4-8H,9H2,1-3H3,(H,18,20). The Labute approximate surface area is 154 Å². The van der Waals surface area contributed by atoms with Gasteiger partial charge in [-0.1, -0.05) is 11.6 Å². The van der Waals surface area contributed by atoms with E-state index in [0.717, 1.165) is 0 Å². The highest BCUT2D eigenvalue weighted by molar-refractivity contribution is 7.53. The molecule has 2 aromatic rings. The Morgan fingerprint density at radius 2 is 1.88 bits per heavy atom. The van der Waals surface area contributed by atoms with E-state index in [1.165, 1.54) is 38.5 Å². The quantitative estimate of drug-likeness (QED) is 0.530. The van der Waals surface area contributed by atoms with Gasteiger partial charge in [-0.2, -0.15) is 0 Å². The van der Waals surface area contributed by atoms with Crippen molar-refractivity contribution in [3.05, 3.63) is 50.7 Å². The van der Waals surface area contributed by atoms with E-state index in [1.807, 2.05) is 0 Å². The van der Waals surface area contributed by atoms with E-state index in [1.54, 1.807) is 24.3 Å². The van der Waals surface area contributed by atoms with Crippen LogP contribution >= 0.6 is 30.5 Å². The third kappa shape index (κ3) is 5.00. The lowest BCUT2D eigenvalue weighted by Crippen LogP contribution is -2.13. The Balaban J connectivity index is 2.18. The Morgan fingerprint density at radius 1 is 1.20 bits per heavy atom. The number of thiophene rings is 1. The highest BCUT2D eigenvalue weighted by Crippen LogP contribution is 2.50. The molecule has 6 nitrogen and oxygen atoms in total. The molecule has 9 heteroatoms. The number of ketones is 1. The lowest BCUT2D eigenvalue weighted by molar-refractivity contribution is 0.101. The second-order valence-corrected chi connectivity index (χ2v) is 8.97. The molecule has 1 amide bonds. The molecule has 2 rings (SSSR count). The number of carbonyl (C=O) groups excluding carboxylic acids is 2. The predicted molar refractivity (Wildman–Crippen MR) is 99.1 cm³/mol. The van der Waals surface area contributed by atoms with E-state index < -0.39 is 7.60 Å². The van der Waals surface area contributed by atoms with Gasteiger partial charge in [0.2, 0.25) is 0 Å².